The van der Waals surface area contributed by atoms with Crippen molar-refractivity contribution in [1.29, 1.82) is 0 Å². The summed E-state index contributed by atoms with van der Waals surface area (Å²) in [5.74, 6) is -1.47. The summed E-state index contributed by atoms with van der Waals surface area (Å²) < 4.78 is 0. The van der Waals surface area contributed by atoms with E-state index >= 15 is 0 Å². The van der Waals surface area contributed by atoms with Crippen molar-refractivity contribution in [3.63, 3.8) is 0 Å². The summed E-state index contributed by atoms with van der Waals surface area (Å²) in [6.07, 6.45) is -0.885. The minimum Gasteiger partial charge on any atom is -0.247 e. The van der Waals surface area contributed by atoms with E-state index in [1.165, 1.54) is 0 Å². The highest BCUT2D eigenvalue weighted by Crippen LogP contribution is 2.19. The molecule has 1 aliphatic heterocycles. The predicted octanol–water partition coefficient (Wildman–Crippen LogP) is 0.712. The first-order valence-electron chi connectivity index (χ1n) is 4.12. The minimum atomic E-state index is -1.04. The molecule has 80 valence electrons. The highest BCUT2D eigenvalue weighted by molar-refractivity contribution is 5.76. The molecular formula is C8H12O6. The van der Waals surface area contributed by atoms with Gasteiger partial charge in [-0.25, -0.2) is 19.4 Å². The number of carbonyl (C=O) groups is 2. The lowest BCUT2D eigenvalue weighted by atomic mass is 9.93. The molecule has 1 saturated heterocycles. The maximum absolute atomic E-state index is 11.0. The second-order valence-electron chi connectivity index (χ2n) is 4.12. The van der Waals surface area contributed by atoms with E-state index in [0.29, 0.717) is 0 Å². The molecule has 0 saturated carbocycles. The molecule has 14 heavy (non-hydrogen) atoms. The third-order valence-electron chi connectivity index (χ3n) is 1.28. The molecule has 0 unspecified atom stereocenters. The van der Waals surface area contributed by atoms with Crippen molar-refractivity contribution in [2.75, 3.05) is 0 Å². The molecular weight excluding hydrogens is 192 g/mol. The van der Waals surface area contributed by atoms with E-state index in [4.69, 9.17) is 0 Å². The molecule has 0 spiro atoms. The maximum Gasteiger partial charge on any atom is 0.417 e. The quantitative estimate of drug-likeness (QED) is 0.374. The van der Waals surface area contributed by atoms with Gasteiger partial charge in [0.2, 0.25) is 0 Å². The Morgan fingerprint density at radius 3 is 2.21 bits per heavy atom. The first-order valence-corrected chi connectivity index (χ1v) is 4.12. The number of rotatable bonds is 2. The van der Waals surface area contributed by atoms with E-state index in [1.54, 1.807) is 0 Å². The van der Waals surface area contributed by atoms with Crippen LogP contribution < -0.4 is 0 Å². The molecule has 1 rings (SSSR count). The van der Waals surface area contributed by atoms with Crippen molar-refractivity contribution < 1.29 is 29.1 Å². The van der Waals surface area contributed by atoms with Crippen LogP contribution in [0.3, 0.4) is 0 Å². The smallest absolute Gasteiger partial charge is 0.247 e. The first kappa shape index (κ1) is 10.9. The van der Waals surface area contributed by atoms with Crippen LogP contribution in [-0.2, 0) is 29.1 Å². The van der Waals surface area contributed by atoms with Gasteiger partial charge < -0.3 is 0 Å². The van der Waals surface area contributed by atoms with E-state index in [2.05, 4.69) is 19.6 Å². The summed E-state index contributed by atoms with van der Waals surface area (Å²) in [5.41, 5.74) is -0.212. The predicted molar refractivity (Wildman–Crippen MR) is 42.2 cm³/mol. The summed E-state index contributed by atoms with van der Waals surface area (Å²) in [7, 11) is 0. The van der Waals surface area contributed by atoms with Crippen LogP contribution >= 0.6 is 0 Å². The number of hydrogen-bond acceptors (Lipinski definition) is 6. The second kappa shape index (κ2) is 3.93. The normalized spacial score (nSPS) is 16.2. The molecule has 0 atom stereocenters. The van der Waals surface area contributed by atoms with Crippen LogP contribution in [0.2, 0.25) is 0 Å². The van der Waals surface area contributed by atoms with Gasteiger partial charge in [-0.3, -0.25) is 0 Å². The van der Waals surface area contributed by atoms with Gasteiger partial charge in [0.1, 0.15) is 0 Å². The van der Waals surface area contributed by atoms with Crippen molar-refractivity contribution in [3.8, 4) is 0 Å². The molecule has 1 heterocycles. The summed E-state index contributed by atoms with van der Waals surface area (Å²) in [4.78, 5) is 38.4. The van der Waals surface area contributed by atoms with E-state index in [1.807, 2.05) is 20.8 Å². The Labute approximate surface area is 80.9 Å². The standard InChI is InChI=1S/C8H12O6/c1-8(2,3)4-5(9)11-12-6(10)7-13-14-7/h7H,4H2,1-3H3. The van der Waals surface area contributed by atoms with Gasteiger partial charge in [0.05, 0.1) is 6.42 Å². The van der Waals surface area contributed by atoms with Gasteiger partial charge in [-0.15, -0.1) is 0 Å². The Kier molecular flexibility index (Phi) is 3.07. The average molecular weight is 204 g/mol. The lowest BCUT2D eigenvalue weighted by Gasteiger charge is -2.14. The Balaban J connectivity index is 2.17. The SMILES string of the molecule is CC(C)(C)CC(=O)OOC(=O)C1OO1. The largest absolute Gasteiger partial charge is 0.417 e. The molecule has 1 fully saturated rings. The van der Waals surface area contributed by atoms with E-state index < -0.39 is 18.2 Å². The third kappa shape index (κ3) is 4.20. The molecule has 0 aromatic carbocycles. The van der Waals surface area contributed by atoms with Crippen molar-refractivity contribution in [2.45, 2.75) is 33.5 Å². The van der Waals surface area contributed by atoms with Crippen LogP contribution in [0.15, 0.2) is 0 Å². The molecule has 0 N–H and O–H groups in total. The fourth-order valence-electron chi connectivity index (χ4n) is 0.696. The molecule has 6 heteroatoms. The molecule has 0 amide bonds. The third-order valence-corrected chi connectivity index (χ3v) is 1.28. The number of hydrogen-bond donors (Lipinski definition) is 0. The minimum absolute atomic E-state index is 0.159. The number of carbonyl (C=O) groups excluding carboxylic acids is 2. The Bertz CT molecular complexity index is 237. The summed E-state index contributed by atoms with van der Waals surface area (Å²) >= 11 is 0. The van der Waals surface area contributed by atoms with Crippen molar-refractivity contribution in [2.24, 2.45) is 5.41 Å². The molecule has 0 aliphatic carbocycles. The van der Waals surface area contributed by atoms with E-state index in [0.717, 1.165) is 0 Å². The summed E-state index contributed by atoms with van der Waals surface area (Å²) in [5, 5.41) is 0. The van der Waals surface area contributed by atoms with Crippen molar-refractivity contribution in [1.82, 2.24) is 0 Å². The maximum atomic E-state index is 11.0. The van der Waals surface area contributed by atoms with Gasteiger partial charge in [0.25, 0.3) is 0 Å². The van der Waals surface area contributed by atoms with Gasteiger partial charge in [0.15, 0.2) is 0 Å². The fraction of sp³-hybridized carbons (Fsp3) is 0.750. The average Bonchev–Trinajstić information content (AvgIpc) is 2.78. The van der Waals surface area contributed by atoms with Crippen molar-refractivity contribution >= 4 is 11.9 Å². The molecule has 0 radical (unpaired) electrons. The van der Waals surface area contributed by atoms with Crippen LogP contribution in [0, 0.1) is 5.41 Å². The molecule has 0 aromatic rings. The highest BCUT2D eigenvalue weighted by Gasteiger charge is 2.38. The van der Waals surface area contributed by atoms with E-state index in [9.17, 15) is 9.59 Å². The van der Waals surface area contributed by atoms with Gasteiger partial charge in [-0.2, -0.15) is 9.78 Å². The monoisotopic (exact) mass is 204 g/mol. The molecule has 0 bridgehead atoms. The Morgan fingerprint density at radius 2 is 1.79 bits per heavy atom. The second-order valence-corrected chi connectivity index (χ2v) is 4.12. The zero-order valence-corrected chi connectivity index (χ0v) is 8.23. The topological polar surface area (TPSA) is 77.7 Å². The Morgan fingerprint density at radius 1 is 1.21 bits per heavy atom. The first-order chi connectivity index (χ1) is 6.38. The summed E-state index contributed by atoms with van der Waals surface area (Å²) in [6.45, 7) is 5.59. The van der Waals surface area contributed by atoms with Gasteiger partial charge in [-0.1, -0.05) is 20.8 Å². The van der Waals surface area contributed by atoms with E-state index in [-0.39, 0.29) is 11.8 Å². The van der Waals surface area contributed by atoms with Crippen LogP contribution in [0.1, 0.15) is 27.2 Å². The van der Waals surface area contributed by atoms with Gasteiger partial charge in [-0.05, 0) is 5.41 Å². The molecule has 1 aliphatic rings. The lowest BCUT2D eigenvalue weighted by molar-refractivity contribution is -0.261. The fourth-order valence-corrected chi connectivity index (χ4v) is 0.696. The summed E-state index contributed by atoms with van der Waals surface area (Å²) in [6, 6.07) is 0. The zero-order valence-electron chi connectivity index (χ0n) is 8.23. The van der Waals surface area contributed by atoms with Gasteiger partial charge in [0, 0.05) is 0 Å². The molecule has 6 nitrogen and oxygen atoms in total. The zero-order chi connectivity index (χ0) is 10.8. The van der Waals surface area contributed by atoms with Crippen molar-refractivity contribution in [3.05, 3.63) is 0 Å². The lowest BCUT2D eigenvalue weighted by Crippen LogP contribution is -2.19. The van der Waals surface area contributed by atoms with Gasteiger partial charge >= 0.3 is 18.2 Å². The molecule has 0 aromatic heterocycles. The van der Waals surface area contributed by atoms with Crippen LogP contribution in [0.4, 0.5) is 0 Å². The van der Waals surface area contributed by atoms with Crippen LogP contribution in [0.25, 0.3) is 0 Å². The van der Waals surface area contributed by atoms with Crippen LogP contribution in [0.5, 0.6) is 0 Å². The Hall–Kier alpha value is -1.14. The highest BCUT2D eigenvalue weighted by atomic mass is 17.4. The van der Waals surface area contributed by atoms with Crippen LogP contribution in [-0.4, -0.2) is 18.2 Å².